The molecule has 0 aromatic carbocycles. The molecule has 0 radical (unpaired) electrons. The second-order valence-corrected chi connectivity index (χ2v) is 10.5. The number of hydrogen-bond donors (Lipinski definition) is 3. The number of aliphatic hydroxyl groups is 1. The molecule has 0 spiro atoms. The van der Waals surface area contributed by atoms with E-state index in [-0.39, 0.29) is 16.6 Å². The van der Waals surface area contributed by atoms with Crippen LogP contribution < -0.4 is 10.6 Å². The zero-order valence-corrected chi connectivity index (χ0v) is 18.1. The van der Waals surface area contributed by atoms with E-state index >= 15 is 0 Å². The van der Waals surface area contributed by atoms with Crippen LogP contribution in [0.4, 0.5) is 0 Å². The highest BCUT2D eigenvalue weighted by molar-refractivity contribution is 8.14. The van der Waals surface area contributed by atoms with Gasteiger partial charge in [-0.2, -0.15) is 10.5 Å². The molecule has 3 nitrogen and oxygen atoms in total. The Bertz CT molecular complexity index is 445. The molecular formula is C22H42N2OS. The van der Waals surface area contributed by atoms with Crippen LogP contribution in [0.2, 0.25) is 0 Å². The van der Waals surface area contributed by atoms with E-state index in [0.29, 0.717) is 23.8 Å². The van der Waals surface area contributed by atoms with Crippen LogP contribution in [0.25, 0.3) is 0 Å². The number of hydrogen-bond acceptors (Lipinski definition) is 3. The fourth-order valence-electron chi connectivity index (χ4n) is 2.89. The average molecular weight is 383 g/mol. The van der Waals surface area contributed by atoms with Gasteiger partial charge in [0.25, 0.3) is 0 Å². The molecule has 0 saturated heterocycles. The Hall–Kier alpha value is -0.580. The van der Waals surface area contributed by atoms with Crippen LogP contribution in [0, 0.1) is 11.8 Å². The van der Waals surface area contributed by atoms with Gasteiger partial charge < -0.3 is 15.7 Å². The third kappa shape index (κ3) is 10.5. The fourth-order valence-corrected chi connectivity index (χ4v) is 4.05. The van der Waals surface area contributed by atoms with Crippen LogP contribution in [0.5, 0.6) is 0 Å². The van der Waals surface area contributed by atoms with Crippen LogP contribution in [-0.4, -0.2) is 47.2 Å². The molecule has 4 heteroatoms. The molecule has 26 heavy (non-hydrogen) atoms. The molecular weight excluding hydrogens is 340 g/mol. The molecule has 0 bridgehead atoms. The maximum absolute atomic E-state index is 10.1. The summed E-state index contributed by atoms with van der Waals surface area (Å²) in [6.07, 6.45) is 8.63. The van der Waals surface area contributed by atoms with Crippen molar-refractivity contribution in [3.8, 4) is 0 Å². The van der Waals surface area contributed by atoms with Crippen molar-refractivity contribution in [3.05, 3.63) is 24.9 Å². The second kappa shape index (κ2) is 12.7. The summed E-state index contributed by atoms with van der Waals surface area (Å²) in [7, 11) is 0.166. The van der Waals surface area contributed by atoms with Crippen molar-refractivity contribution in [2.75, 3.05) is 18.8 Å². The minimum absolute atomic E-state index is 0.166. The second-order valence-electron chi connectivity index (χ2n) is 8.25. The molecule has 1 aliphatic carbocycles. The number of rotatable bonds is 16. The summed E-state index contributed by atoms with van der Waals surface area (Å²) in [6.45, 7) is 16.3. The monoisotopic (exact) mass is 382 g/mol. The normalized spacial score (nSPS) is 19.0. The van der Waals surface area contributed by atoms with Crippen molar-refractivity contribution in [2.24, 2.45) is 11.8 Å². The van der Waals surface area contributed by atoms with Crippen LogP contribution >= 0.6 is 10.5 Å². The Balaban J connectivity index is 2.31. The Kier molecular flexibility index (Phi) is 11.5. The first-order valence-corrected chi connectivity index (χ1v) is 11.9. The molecule has 0 aliphatic heterocycles. The highest BCUT2D eigenvalue weighted by Gasteiger charge is 2.26. The van der Waals surface area contributed by atoms with Crippen molar-refractivity contribution in [1.29, 1.82) is 0 Å². The topological polar surface area (TPSA) is 44.3 Å². The van der Waals surface area contributed by atoms with Crippen LogP contribution in [0.1, 0.15) is 59.3 Å². The Labute approximate surface area is 164 Å². The lowest BCUT2D eigenvalue weighted by Gasteiger charge is -2.24. The van der Waals surface area contributed by atoms with Crippen LogP contribution in [0.15, 0.2) is 24.9 Å². The smallest absolute Gasteiger partial charge is 0.0712 e. The predicted octanol–water partition coefficient (Wildman–Crippen LogP) is 4.31. The minimum Gasteiger partial charge on any atom is -0.391 e. The van der Waals surface area contributed by atoms with Gasteiger partial charge in [-0.1, -0.05) is 52.1 Å². The highest BCUT2D eigenvalue weighted by atomic mass is 32.2. The minimum atomic E-state index is -0.288. The van der Waals surface area contributed by atoms with E-state index in [2.05, 4.69) is 50.4 Å². The number of aliphatic hydroxyl groups excluding tert-OH is 1. The largest absolute Gasteiger partial charge is 0.391 e. The molecule has 3 unspecified atom stereocenters. The summed E-state index contributed by atoms with van der Waals surface area (Å²) in [6, 6.07) is 0.309. The third-order valence-corrected chi connectivity index (χ3v) is 7.22. The fraction of sp³-hybridized carbons (Fsp3) is 0.773. The average Bonchev–Trinajstić information content (AvgIpc) is 3.43. The van der Waals surface area contributed by atoms with Gasteiger partial charge in [-0.05, 0) is 49.8 Å². The van der Waals surface area contributed by atoms with Crippen LogP contribution in [-0.2, 0) is 0 Å². The van der Waals surface area contributed by atoms with Crippen molar-refractivity contribution in [3.63, 3.8) is 0 Å². The van der Waals surface area contributed by atoms with Crippen molar-refractivity contribution < 1.29 is 5.11 Å². The SMILES string of the molecule is C=CC(C)S(=C)CCCN[C@@H](CC1CC1)C(=C)NCC(O)CCC(C)C. The van der Waals surface area contributed by atoms with Gasteiger partial charge in [-0.15, -0.1) is 6.58 Å². The lowest BCUT2D eigenvalue weighted by molar-refractivity contribution is 0.156. The first kappa shape index (κ1) is 23.5. The molecule has 1 saturated carbocycles. The maximum Gasteiger partial charge on any atom is 0.0712 e. The Morgan fingerprint density at radius 3 is 2.54 bits per heavy atom. The molecule has 0 heterocycles. The summed E-state index contributed by atoms with van der Waals surface area (Å²) in [5.74, 6) is 6.90. The van der Waals surface area contributed by atoms with Crippen molar-refractivity contribution in [2.45, 2.75) is 76.7 Å². The zero-order valence-electron chi connectivity index (χ0n) is 17.3. The molecule has 1 aliphatic rings. The van der Waals surface area contributed by atoms with Crippen LogP contribution in [0.3, 0.4) is 0 Å². The standard InChI is InChI=1S/C22H42N2OS/c1-7-18(4)26(6)14-8-13-23-22(15-20-10-11-20)19(5)24-16-21(25)12-9-17(2)3/h7,17-18,20-25H,1,5-6,8-16H2,2-4H3/t18?,21?,22-,26?/m0/s1. The molecule has 0 amide bonds. The van der Waals surface area contributed by atoms with Crippen molar-refractivity contribution >= 4 is 16.4 Å². The summed E-state index contributed by atoms with van der Waals surface area (Å²) in [5.41, 5.74) is 1.04. The van der Waals surface area contributed by atoms with Crippen molar-refractivity contribution in [1.82, 2.24) is 10.6 Å². The van der Waals surface area contributed by atoms with Gasteiger partial charge in [0.2, 0.25) is 0 Å². The van der Waals surface area contributed by atoms with Gasteiger partial charge >= 0.3 is 0 Å². The van der Waals surface area contributed by atoms with Gasteiger partial charge in [0, 0.05) is 23.5 Å². The van der Waals surface area contributed by atoms with Gasteiger partial charge in [-0.3, -0.25) is 0 Å². The molecule has 4 atom stereocenters. The third-order valence-electron chi connectivity index (χ3n) is 5.16. The first-order chi connectivity index (χ1) is 12.3. The molecule has 3 N–H and O–H groups in total. The first-order valence-electron chi connectivity index (χ1n) is 10.3. The van der Waals surface area contributed by atoms with E-state index in [0.717, 1.165) is 49.6 Å². The van der Waals surface area contributed by atoms with Gasteiger partial charge in [0.1, 0.15) is 0 Å². The predicted molar refractivity (Wildman–Crippen MR) is 120 cm³/mol. The van der Waals surface area contributed by atoms with Gasteiger partial charge in [0.05, 0.1) is 6.10 Å². The molecule has 0 aromatic rings. The van der Waals surface area contributed by atoms with E-state index in [1.54, 1.807) is 0 Å². The molecule has 152 valence electrons. The summed E-state index contributed by atoms with van der Waals surface area (Å²) in [4.78, 5) is 0. The van der Waals surface area contributed by atoms with E-state index in [4.69, 9.17) is 0 Å². The number of nitrogens with one attached hydrogen (secondary N) is 2. The lowest BCUT2D eigenvalue weighted by Crippen LogP contribution is -2.39. The Morgan fingerprint density at radius 2 is 1.96 bits per heavy atom. The quantitative estimate of drug-likeness (QED) is 0.212. The zero-order chi connectivity index (χ0) is 19.5. The highest BCUT2D eigenvalue weighted by Crippen LogP contribution is 2.34. The van der Waals surface area contributed by atoms with E-state index in [1.807, 2.05) is 6.08 Å². The lowest BCUT2D eigenvalue weighted by atomic mass is 10.0. The van der Waals surface area contributed by atoms with E-state index in [1.165, 1.54) is 12.8 Å². The summed E-state index contributed by atoms with van der Waals surface area (Å²) >= 11 is 0. The molecule has 0 aromatic heterocycles. The van der Waals surface area contributed by atoms with Gasteiger partial charge in [0.15, 0.2) is 0 Å². The molecule has 1 rings (SSSR count). The Morgan fingerprint density at radius 1 is 1.27 bits per heavy atom. The van der Waals surface area contributed by atoms with E-state index in [9.17, 15) is 5.11 Å². The molecule has 1 fully saturated rings. The maximum atomic E-state index is 10.1. The van der Waals surface area contributed by atoms with Gasteiger partial charge in [-0.25, -0.2) is 0 Å². The summed E-state index contributed by atoms with van der Waals surface area (Å²) in [5, 5.41) is 17.7. The summed E-state index contributed by atoms with van der Waals surface area (Å²) < 4.78 is 0. The van der Waals surface area contributed by atoms with E-state index < -0.39 is 0 Å².